The number of aromatic nitrogens is 2. The minimum absolute atomic E-state index is 0.335. The van der Waals surface area contributed by atoms with E-state index in [0.717, 1.165) is 29.1 Å². The fourth-order valence-electron chi connectivity index (χ4n) is 2.59. The number of nitrogens with two attached hydrogens (primary N) is 1. The Kier molecular flexibility index (Phi) is 6.54. The number of nitrogens with zero attached hydrogens (tertiary/aromatic N) is 2. The molecule has 0 saturated heterocycles. The fraction of sp³-hybridized carbons (Fsp3) is 0.250. The summed E-state index contributed by atoms with van der Waals surface area (Å²) in [5.74, 6) is 0.191. The summed E-state index contributed by atoms with van der Waals surface area (Å²) in [5, 5.41) is 9.48. The summed E-state index contributed by atoms with van der Waals surface area (Å²) in [6.07, 6.45) is 3.39. The molecule has 1 aromatic carbocycles. The van der Waals surface area contributed by atoms with Gasteiger partial charge in [-0.1, -0.05) is 30.8 Å². The Morgan fingerprint density at radius 3 is 2.75 bits per heavy atom. The van der Waals surface area contributed by atoms with Gasteiger partial charge in [0.15, 0.2) is 0 Å². The maximum atomic E-state index is 11.5. The van der Waals surface area contributed by atoms with Gasteiger partial charge < -0.3 is 21.1 Å². The number of carbonyl (C=O) groups excluding carboxylic acids is 1. The lowest BCUT2D eigenvalue weighted by Gasteiger charge is -2.09. The number of anilines is 1. The molecule has 2 aromatic rings. The third-order valence-electron chi connectivity index (χ3n) is 4.22. The zero-order valence-corrected chi connectivity index (χ0v) is 16.7. The minimum Gasteiger partial charge on any atom is -0.465 e. The number of carbonyl (C=O) groups is 1. The number of esters is 1. The van der Waals surface area contributed by atoms with Crippen LogP contribution >= 0.6 is 11.8 Å². The molecule has 0 unspecified atom stereocenters. The van der Waals surface area contributed by atoms with Crippen molar-refractivity contribution in [2.45, 2.75) is 19.8 Å². The van der Waals surface area contributed by atoms with Gasteiger partial charge in [-0.05, 0) is 42.0 Å². The van der Waals surface area contributed by atoms with Gasteiger partial charge in [-0.3, -0.25) is 0 Å². The molecular weight excluding hydrogens is 374 g/mol. The number of nitrogens with one attached hydrogen (secondary N) is 2. The lowest BCUT2D eigenvalue weighted by molar-refractivity contribution is 0.0600. The number of methoxy groups -OCH3 is 1. The molecule has 0 aliphatic carbocycles. The minimum atomic E-state index is -0.335. The Hall–Kier alpha value is -3.00. The highest BCUT2D eigenvalue weighted by molar-refractivity contribution is 8.06. The van der Waals surface area contributed by atoms with Crippen LogP contribution < -0.4 is 16.4 Å². The number of rotatable bonds is 7. The van der Waals surface area contributed by atoms with Crippen LogP contribution in [0.3, 0.4) is 0 Å². The molecule has 28 heavy (non-hydrogen) atoms. The lowest BCUT2D eigenvalue weighted by atomic mass is 10.1. The number of hydrogen-bond acceptors (Lipinski definition) is 8. The first-order valence-corrected chi connectivity index (χ1v) is 9.85. The van der Waals surface area contributed by atoms with Crippen molar-refractivity contribution in [2.75, 3.05) is 19.0 Å². The van der Waals surface area contributed by atoms with Crippen molar-refractivity contribution in [1.82, 2.24) is 15.3 Å². The van der Waals surface area contributed by atoms with Crippen LogP contribution in [0.25, 0.3) is 5.70 Å². The molecule has 0 spiro atoms. The van der Waals surface area contributed by atoms with E-state index >= 15 is 0 Å². The largest absolute Gasteiger partial charge is 0.465 e. The molecule has 0 bridgehead atoms. The molecule has 2 heterocycles. The van der Waals surface area contributed by atoms with Crippen LogP contribution in [0.15, 0.2) is 52.7 Å². The molecule has 1 aliphatic heterocycles. The molecule has 4 N–H and O–H groups in total. The Morgan fingerprint density at radius 1 is 1.29 bits per heavy atom. The second-order valence-corrected chi connectivity index (χ2v) is 6.99. The van der Waals surface area contributed by atoms with E-state index in [4.69, 9.17) is 10.5 Å². The van der Waals surface area contributed by atoms with Crippen LogP contribution in [0.5, 0.6) is 0 Å². The maximum absolute atomic E-state index is 11.5. The summed E-state index contributed by atoms with van der Waals surface area (Å²) in [7, 11) is 1.37. The molecular formula is C20H23N5O2S. The van der Waals surface area contributed by atoms with E-state index in [1.807, 2.05) is 12.1 Å². The van der Waals surface area contributed by atoms with Gasteiger partial charge >= 0.3 is 5.97 Å². The van der Waals surface area contributed by atoms with E-state index in [9.17, 15) is 4.79 Å². The Bertz CT molecular complexity index is 909. The highest BCUT2D eigenvalue weighted by Gasteiger charge is 2.14. The van der Waals surface area contributed by atoms with Crippen molar-refractivity contribution in [3.8, 4) is 0 Å². The highest BCUT2D eigenvalue weighted by Crippen LogP contribution is 2.29. The van der Waals surface area contributed by atoms with Gasteiger partial charge in [0.1, 0.15) is 5.03 Å². The van der Waals surface area contributed by atoms with E-state index in [1.165, 1.54) is 7.11 Å². The zero-order chi connectivity index (χ0) is 19.9. The molecule has 0 radical (unpaired) electrons. The lowest BCUT2D eigenvalue weighted by Crippen LogP contribution is -2.13. The summed E-state index contributed by atoms with van der Waals surface area (Å²) < 4.78 is 4.70. The van der Waals surface area contributed by atoms with Crippen LogP contribution in [0.1, 0.15) is 35.0 Å². The Balaban J connectivity index is 1.58. The summed E-state index contributed by atoms with van der Waals surface area (Å²) >= 11 is 1.57. The van der Waals surface area contributed by atoms with E-state index < -0.39 is 0 Å². The SMILES string of the molecule is CCC1=CS/C(=C(/N)c2ccnc(NCCc3ccc(C(=O)OC)cc3)n2)N1. The standard InChI is InChI=1S/C20H23N5O2S/c1-3-15-12-28-18(24-15)17(21)16-9-11-23-20(25-16)22-10-8-13-4-6-14(7-5-13)19(26)27-2/h4-7,9,11-12,24H,3,8,10,21H2,1-2H3,(H,22,23,25)/b18-17+. The van der Waals surface area contributed by atoms with Gasteiger partial charge in [-0.2, -0.15) is 0 Å². The van der Waals surface area contributed by atoms with Crippen molar-refractivity contribution in [3.05, 3.63) is 69.5 Å². The number of ether oxygens (including phenoxy) is 1. The van der Waals surface area contributed by atoms with Crippen LogP contribution in [0.2, 0.25) is 0 Å². The molecule has 7 nitrogen and oxygen atoms in total. The second-order valence-electron chi connectivity index (χ2n) is 6.11. The number of allylic oxidation sites excluding steroid dienone is 1. The van der Waals surface area contributed by atoms with Crippen molar-refractivity contribution in [3.63, 3.8) is 0 Å². The Labute approximate surface area is 168 Å². The van der Waals surface area contributed by atoms with Crippen molar-refractivity contribution >= 4 is 29.4 Å². The van der Waals surface area contributed by atoms with Crippen molar-refractivity contribution < 1.29 is 9.53 Å². The van der Waals surface area contributed by atoms with Gasteiger partial charge in [0.05, 0.1) is 24.1 Å². The van der Waals surface area contributed by atoms with Gasteiger partial charge in [-0.25, -0.2) is 14.8 Å². The number of benzene rings is 1. The first-order valence-electron chi connectivity index (χ1n) is 8.97. The van der Waals surface area contributed by atoms with Crippen LogP contribution in [-0.4, -0.2) is 29.6 Å². The van der Waals surface area contributed by atoms with E-state index in [-0.39, 0.29) is 5.97 Å². The van der Waals surface area contributed by atoms with Gasteiger partial charge in [-0.15, -0.1) is 0 Å². The molecule has 0 amide bonds. The Morgan fingerprint density at radius 2 is 2.07 bits per heavy atom. The third kappa shape index (κ3) is 4.83. The molecule has 1 aromatic heterocycles. The van der Waals surface area contributed by atoms with Crippen LogP contribution in [0.4, 0.5) is 5.95 Å². The van der Waals surface area contributed by atoms with Gasteiger partial charge in [0, 0.05) is 18.4 Å². The normalized spacial score (nSPS) is 14.9. The van der Waals surface area contributed by atoms with E-state index in [2.05, 4.69) is 32.9 Å². The predicted octanol–water partition coefficient (Wildman–Crippen LogP) is 3.09. The van der Waals surface area contributed by atoms with E-state index in [0.29, 0.717) is 29.4 Å². The molecule has 8 heteroatoms. The predicted molar refractivity (Wildman–Crippen MR) is 112 cm³/mol. The van der Waals surface area contributed by atoms with E-state index in [1.54, 1.807) is 36.2 Å². The fourth-order valence-corrected chi connectivity index (χ4v) is 3.50. The molecule has 0 saturated carbocycles. The second kappa shape index (κ2) is 9.27. The monoisotopic (exact) mass is 397 g/mol. The van der Waals surface area contributed by atoms with Crippen molar-refractivity contribution in [1.29, 1.82) is 0 Å². The molecule has 0 fully saturated rings. The van der Waals surface area contributed by atoms with Crippen LogP contribution in [-0.2, 0) is 11.2 Å². The molecule has 0 atom stereocenters. The highest BCUT2D eigenvalue weighted by atomic mass is 32.2. The van der Waals surface area contributed by atoms with Gasteiger partial charge in [0.2, 0.25) is 5.95 Å². The average Bonchev–Trinajstić information content (AvgIpc) is 3.22. The number of thioether (sulfide) groups is 1. The topological polar surface area (TPSA) is 102 Å². The summed E-state index contributed by atoms with van der Waals surface area (Å²) in [6.45, 7) is 2.75. The maximum Gasteiger partial charge on any atom is 0.337 e. The quantitative estimate of drug-likeness (QED) is 0.613. The third-order valence-corrected chi connectivity index (χ3v) is 5.18. The smallest absolute Gasteiger partial charge is 0.337 e. The molecule has 146 valence electrons. The number of hydrogen-bond donors (Lipinski definition) is 3. The molecule has 1 aliphatic rings. The molecule has 3 rings (SSSR count). The zero-order valence-electron chi connectivity index (χ0n) is 15.9. The van der Waals surface area contributed by atoms with Gasteiger partial charge in [0.25, 0.3) is 0 Å². The van der Waals surface area contributed by atoms with Crippen molar-refractivity contribution in [2.24, 2.45) is 5.73 Å². The summed E-state index contributed by atoms with van der Waals surface area (Å²) in [6, 6.07) is 9.14. The average molecular weight is 398 g/mol. The first-order chi connectivity index (χ1) is 13.6. The summed E-state index contributed by atoms with van der Waals surface area (Å²) in [5.41, 5.74) is 10.3. The van der Waals surface area contributed by atoms with Crippen LogP contribution in [0, 0.1) is 0 Å². The summed E-state index contributed by atoms with van der Waals surface area (Å²) in [4.78, 5) is 20.2. The first kappa shape index (κ1) is 19.8.